The van der Waals surface area contributed by atoms with Gasteiger partial charge in [0.15, 0.2) is 12.4 Å². The topological polar surface area (TPSA) is 102 Å². The molecule has 0 radical (unpaired) electrons. The number of amides is 2. The first-order valence-electron chi connectivity index (χ1n) is 10.7. The molecule has 8 nitrogen and oxygen atoms in total. The predicted molar refractivity (Wildman–Crippen MR) is 121 cm³/mol. The van der Waals surface area contributed by atoms with Crippen molar-refractivity contribution in [2.24, 2.45) is 0 Å². The van der Waals surface area contributed by atoms with Crippen molar-refractivity contribution in [2.75, 3.05) is 20.2 Å². The molecule has 0 saturated heterocycles. The fourth-order valence-corrected chi connectivity index (χ4v) is 3.22. The van der Waals surface area contributed by atoms with Gasteiger partial charge in [0.2, 0.25) is 11.8 Å². The van der Waals surface area contributed by atoms with E-state index < -0.39 is 18.5 Å². The summed E-state index contributed by atoms with van der Waals surface area (Å²) in [5.41, 5.74) is 2.70. The summed E-state index contributed by atoms with van der Waals surface area (Å²) in [6, 6.07) is 14.8. The van der Waals surface area contributed by atoms with Gasteiger partial charge in [-0.1, -0.05) is 42.0 Å². The zero-order chi connectivity index (χ0) is 23.4. The fourth-order valence-electron chi connectivity index (χ4n) is 3.22. The lowest BCUT2D eigenvalue weighted by Crippen LogP contribution is -2.40. The van der Waals surface area contributed by atoms with Crippen LogP contribution in [0.1, 0.15) is 28.8 Å². The van der Waals surface area contributed by atoms with E-state index in [2.05, 4.69) is 10.3 Å². The zero-order valence-electron chi connectivity index (χ0n) is 18.5. The van der Waals surface area contributed by atoms with Crippen LogP contribution in [-0.4, -0.2) is 53.9 Å². The Balaban J connectivity index is 1.40. The quantitative estimate of drug-likeness (QED) is 0.532. The standard InChI is InChI=1S/C25H25N3O5/c1-16-7-9-17(10-8-16)21-13-26-24(33-21)19-5-3-4-6-20(19)25(31)32-15-23(30)28(2)14-22(29)27-18-11-12-18/h3-10,13,18H,11-12,14-15H2,1-2H3,(H,27,29). The van der Waals surface area contributed by atoms with E-state index in [9.17, 15) is 14.4 Å². The Morgan fingerprint density at radius 1 is 1.12 bits per heavy atom. The van der Waals surface area contributed by atoms with Crippen molar-refractivity contribution in [2.45, 2.75) is 25.8 Å². The van der Waals surface area contributed by atoms with E-state index in [-0.39, 0.29) is 29.9 Å². The summed E-state index contributed by atoms with van der Waals surface area (Å²) >= 11 is 0. The molecule has 1 heterocycles. The van der Waals surface area contributed by atoms with Gasteiger partial charge in [-0.3, -0.25) is 9.59 Å². The van der Waals surface area contributed by atoms with E-state index >= 15 is 0 Å². The molecule has 33 heavy (non-hydrogen) atoms. The third kappa shape index (κ3) is 5.65. The van der Waals surface area contributed by atoms with E-state index in [1.54, 1.807) is 30.5 Å². The van der Waals surface area contributed by atoms with E-state index in [0.717, 1.165) is 24.0 Å². The van der Waals surface area contributed by atoms with Gasteiger partial charge in [0.1, 0.15) is 0 Å². The van der Waals surface area contributed by atoms with Crippen molar-refractivity contribution in [1.29, 1.82) is 0 Å². The average molecular weight is 447 g/mol. The van der Waals surface area contributed by atoms with Crippen LogP contribution < -0.4 is 5.32 Å². The molecule has 0 spiro atoms. The van der Waals surface area contributed by atoms with Crippen molar-refractivity contribution < 1.29 is 23.5 Å². The van der Waals surface area contributed by atoms with E-state index in [0.29, 0.717) is 11.3 Å². The number of carbonyl (C=O) groups excluding carboxylic acids is 3. The normalized spacial score (nSPS) is 12.8. The monoisotopic (exact) mass is 447 g/mol. The number of hydrogen-bond donors (Lipinski definition) is 1. The summed E-state index contributed by atoms with van der Waals surface area (Å²) in [4.78, 5) is 42.4. The molecule has 1 saturated carbocycles. The van der Waals surface area contributed by atoms with Crippen molar-refractivity contribution in [3.63, 3.8) is 0 Å². The number of oxazole rings is 1. The smallest absolute Gasteiger partial charge is 0.339 e. The highest BCUT2D eigenvalue weighted by Gasteiger charge is 2.25. The largest absolute Gasteiger partial charge is 0.452 e. The number of aryl methyl sites for hydroxylation is 1. The summed E-state index contributed by atoms with van der Waals surface area (Å²) < 4.78 is 11.1. The van der Waals surface area contributed by atoms with Crippen molar-refractivity contribution in [3.05, 3.63) is 65.9 Å². The van der Waals surface area contributed by atoms with Gasteiger partial charge in [-0.05, 0) is 31.9 Å². The summed E-state index contributed by atoms with van der Waals surface area (Å²) in [5, 5.41) is 2.81. The second-order valence-corrected chi connectivity index (χ2v) is 8.11. The molecule has 170 valence electrons. The molecule has 0 aliphatic heterocycles. The van der Waals surface area contributed by atoms with Crippen LogP contribution in [0.3, 0.4) is 0 Å². The van der Waals surface area contributed by atoms with E-state index in [1.165, 1.54) is 11.9 Å². The lowest BCUT2D eigenvalue weighted by Gasteiger charge is -2.16. The number of hydrogen-bond acceptors (Lipinski definition) is 6. The molecule has 0 atom stereocenters. The number of ether oxygens (including phenoxy) is 1. The van der Waals surface area contributed by atoms with Crippen molar-refractivity contribution in [3.8, 4) is 22.8 Å². The molecule has 1 aromatic heterocycles. The molecule has 1 aliphatic rings. The summed E-state index contributed by atoms with van der Waals surface area (Å²) in [5.74, 6) is -0.513. The molecule has 4 rings (SSSR count). The van der Waals surface area contributed by atoms with Gasteiger partial charge in [-0.15, -0.1) is 0 Å². The molecule has 1 fully saturated rings. The molecular formula is C25H25N3O5. The van der Waals surface area contributed by atoms with E-state index in [4.69, 9.17) is 9.15 Å². The Morgan fingerprint density at radius 2 is 1.85 bits per heavy atom. The number of benzene rings is 2. The fraction of sp³-hybridized carbons (Fsp3) is 0.280. The number of rotatable bonds is 8. The van der Waals surface area contributed by atoms with Crippen molar-refractivity contribution >= 4 is 17.8 Å². The number of carbonyl (C=O) groups is 3. The number of likely N-dealkylation sites (N-methyl/N-ethyl adjacent to an activating group) is 1. The number of esters is 1. The second kappa shape index (κ2) is 9.68. The average Bonchev–Trinajstić information content (AvgIpc) is 3.49. The Kier molecular flexibility index (Phi) is 6.53. The van der Waals surface area contributed by atoms with Crippen LogP contribution in [0.4, 0.5) is 0 Å². The first kappa shape index (κ1) is 22.3. The molecular weight excluding hydrogens is 422 g/mol. The minimum Gasteiger partial charge on any atom is -0.452 e. The Morgan fingerprint density at radius 3 is 2.58 bits per heavy atom. The molecule has 2 amide bonds. The minimum atomic E-state index is -0.676. The molecule has 3 aromatic rings. The van der Waals surface area contributed by atoms with Crippen LogP contribution in [0.2, 0.25) is 0 Å². The van der Waals surface area contributed by atoms with Gasteiger partial charge in [-0.25, -0.2) is 9.78 Å². The third-order valence-electron chi connectivity index (χ3n) is 5.29. The highest BCUT2D eigenvalue weighted by Crippen LogP contribution is 2.28. The maximum absolute atomic E-state index is 12.7. The zero-order valence-corrected chi connectivity index (χ0v) is 18.5. The summed E-state index contributed by atoms with van der Waals surface area (Å²) in [6.45, 7) is 1.45. The van der Waals surface area contributed by atoms with Crippen LogP contribution in [-0.2, 0) is 14.3 Å². The Labute approximate surface area is 191 Å². The van der Waals surface area contributed by atoms with Gasteiger partial charge in [0.05, 0.1) is 23.9 Å². The lowest BCUT2D eigenvalue weighted by atomic mass is 10.1. The molecule has 2 aromatic carbocycles. The summed E-state index contributed by atoms with van der Waals surface area (Å²) in [6.07, 6.45) is 3.54. The third-order valence-corrected chi connectivity index (χ3v) is 5.29. The molecule has 0 bridgehead atoms. The highest BCUT2D eigenvalue weighted by molar-refractivity contribution is 5.97. The van der Waals surface area contributed by atoms with Crippen LogP contribution in [0, 0.1) is 6.92 Å². The molecule has 1 aliphatic carbocycles. The first-order valence-corrected chi connectivity index (χ1v) is 10.7. The highest BCUT2D eigenvalue weighted by atomic mass is 16.5. The summed E-state index contributed by atoms with van der Waals surface area (Å²) in [7, 11) is 1.50. The minimum absolute atomic E-state index is 0.0818. The second-order valence-electron chi connectivity index (χ2n) is 8.11. The SMILES string of the molecule is Cc1ccc(-c2cnc(-c3ccccc3C(=O)OCC(=O)N(C)CC(=O)NC3CC3)o2)cc1. The number of aromatic nitrogens is 1. The van der Waals surface area contributed by atoms with Gasteiger partial charge < -0.3 is 19.4 Å². The van der Waals surface area contributed by atoms with Gasteiger partial charge >= 0.3 is 5.97 Å². The molecule has 8 heteroatoms. The number of nitrogens with one attached hydrogen (secondary N) is 1. The van der Waals surface area contributed by atoms with Crippen molar-refractivity contribution in [1.82, 2.24) is 15.2 Å². The predicted octanol–water partition coefficient (Wildman–Crippen LogP) is 3.21. The molecule has 1 N–H and O–H groups in total. The van der Waals surface area contributed by atoms with E-state index in [1.807, 2.05) is 31.2 Å². The first-order chi connectivity index (χ1) is 15.9. The van der Waals surface area contributed by atoms with Gasteiger partial charge in [-0.2, -0.15) is 0 Å². The molecule has 0 unspecified atom stereocenters. The maximum Gasteiger partial charge on any atom is 0.339 e. The van der Waals surface area contributed by atoms with Gasteiger partial charge in [0, 0.05) is 18.7 Å². The van der Waals surface area contributed by atoms with Crippen LogP contribution in [0.5, 0.6) is 0 Å². The lowest BCUT2D eigenvalue weighted by molar-refractivity contribution is -0.137. The number of nitrogens with zero attached hydrogens (tertiary/aromatic N) is 2. The van der Waals surface area contributed by atoms with Crippen LogP contribution >= 0.6 is 0 Å². The maximum atomic E-state index is 12.7. The Bertz CT molecular complexity index is 1160. The van der Waals surface area contributed by atoms with Crippen LogP contribution in [0.15, 0.2) is 59.1 Å². The van der Waals surface area contributed by atoms with Crippen LogP contribution in [0.25, 0.3) is 22.8 Å². The Hall–Kier alpha value is -3.94. The van der Waals surface area contributed by atoms with Gasteiger partial charge in [0.25, 0.3) is 5.91 Å².